The number of amides is 1. The molecule has 0 spiro atoms. The first-order valence-electron chi connectivity index (χ1n) is 12.8. The molecule has 2 heterocycles. The topological polar surface area (TPSA) is 161 Å². The first-order chi connectivity index (χ1) is 18.7. The quantitative estimate of drug-likeness (QED) is 0.156. The van der Waals surface area contributed by atoms with Crippen molar-refractivity contribution in [2.75, 3.05) is 62.0 Å². The molecule has 0 unspecified atom stereocenters. The van der Waals surface area contributed by atoms with E-state index in [0.29, 0.717) is 75.2 Å². The van der Waals surface area contributed by atoms with E-state index in [0.717, 1.165) is 25.1 Å². The number of carbonyl (C=O) groups is 1. The van der Waals surface area contributed by atoms with Gasteiger partial charge in [0.05, 0.1) is 38.7 Å². The molecule has 0 aliphatic rings. The van der Waals surface area contributed by atoms with Crippen molar-refractivity contribution in [1.82, 2.24) is 25.3 Å². The molecule has 0 bridgehead atoms. The third-order valence-electron chi connectivity index (χ3n) is 5.15. The Morgan fingerprint density at radius 1 is 0.895 bits per heavy atom. The van der Waals surface area contributed by atoms with E-state index in [4.69, 9.17) is 15.2 Å². The van der Waals surface area contributed by atoms with Crippen molar-refractivity contribution in [1.29, 1.82) is 0 Å². The Morgan fingerprint density at radius 3 is 2.45 bits per heavy atom. The molecule has 2 aromatic heterocycles. The molecule has 0 saturated heterocycles. The Bertz CT molecular complexity index is 1100. The number of nitrogens with two attached hydrogens (primary N) is 1. The molecule has 3 rings (SSSR count). The lowest BCUT2D eigenvalue weighted by Crippen LogP contribution is -2.27. The van der Waals surface area contributed by atoms with Gasteiger partial charge < -0.3 is 36.5 Å². The van der Waals surface area contributed by atoms with Gasteiger partial charge in [-0.05, 0) is 36.8 Å². The lowest BCUT2D eigenvalue weighted by atomic mass is 10.2. The normalized spacial score (nSPS) is 10.7. The molecule has 0 atom stereocenters. The van der Waals surface area contributed by atoms with Crippen molar-refractivity contribution in [2.45, 2.75) is 26.3 Å². The van der Waals surface area contributed by atoms with Gasteiger partial charge >= 0.3 is 0 Å². The molecule has 0 aliphatic carbocycles. The highest BCUT2D eigenvalue weighted by atomic mass is 16.5. The number of anilines is 4. The van der Waals surface area contributed by atoms with Crippen LogP contribution in [-0.2, 0) is 16.0 Å². The fraction of sp³-hybridized carbons (Fsp3) is 0.423. The highest BCUT2D eigenvalue weighted by molar-refractivity contribution is 5.95. The van der Waals surface area contributed by atoms with Crippen molar-refractivity contribution in [2.24, 2.45) is 5.73 Å². The zero-order chi connectivity index (χ0) is 26.8. The molecular formula is C26H37N9O3. The molecular weight excluding hydrogens is 486 g/mol. The third kappa shape index (κ3) is 10.6. The lowest BCUT2D eigenvalue weighted by Gasteiger charge is -2.12. The van der Waals surface area contributed by atoms with Gasteiger partial charge in [-0.15, -0.1) is 0 Å². The molecule has 38 heavy (non-hydrogen) atoms. The summed E-state index contributed by atoms with van der Waals surface area (Å²) in [5.41, 5.74) is 7.41. The standard InChI is InChI=1S/C26H37N9O3/c1-2-3-11-30-24-33-25(31-19-22-8-4-5-12-28-22)35-26(34-24)32-21-9-6-7-20(18-21)23(36)29-13-15-38-17-16-37-14-10-27/h4-9,12,18H,2-3,10-11,13-17,19,27H2,1H3,(H,29,36)(H3,30,31,32,33,34,35). The number of aromatic nitrogens is 4. The third-order valence-corrected chi connectivity index (χ3v) is 5.15. The van der Waals surface area contributed by atoms with E-state index in [2.05, 4.69) is 48.1 Å². The molecule has 3 aromatic rings. The number of hydrogen-bond acceptors (Lipinski definition) is 11. The number of benzene rings is 1. The van der Waals surface area contributed by atoms with Crippen LogP contribution in [0, 0.1) is 0 Å². The van der Waals surface area contributed by atoms with Crippen LogP contribution in [0.4, 0.5) is 23.5 Å². The summed E-state index contributed by atoms with van der Waals surface area (Å²) < 4.78 is 10.7. The fourth-order valence-electron chi connectivity index (χ4n) is 3.25. The second-order valence-corrected chi connectivity index (χ2v) is 8.24. The van der Waals surface area contributed by atoms with E-state index >= 15 is 0 Å². The number of rotatable bonds is 18. The second kappa shape index (κ2) is 16.8. The van der Waals surface area contributed by atoms with Crippen LogP contribution >= 0.6 is 0 Å². The van der Waals surface area contributed by atoms with Gasteiger partial charge in [-0.25, -0.2) is 0 Å². The molecule has 12 heteroatoms. The number of ether oxygens (including phenoxy) is 2. The van der Waals surface area contributed by atoms with Gasteiger partial charge in [0, 0.05) is 37.1 Å². The Kier molecular flexibility index (Phi) is 12.7. The molecule has 12 nitrogen and oxygen atoms in total. The van der Waals surface area contributed by atoms with Crippen LogP contribution in [0.1, 0.15) is 35.8 Å². The Hall–Kier alpha value is -3.87. The predicted octanol–water partition coefficient (Wildman–Crippen LogP) is 2.56. The summed E-state index contributed by atoms with van der Waals surface area (Å²) in [6.45, 7) is 6.05. The zero-order valence-electron chi connectivity index (χ0n) is 21.8. The van der Waals surface area contributed by atoms with Crippen LogP contribution in [0.2, 0.25) is 0 Å². The maximum Gasteiger partial charge on any atom is 0.251 e. The molecule has 0 aliphatic heterocycles. The largest absolute Gasteiger partial charge is 0.378 e. The van der Waals surface area contributed by atoms with Gasteiger partial charge in [-0.2, -0.15) is 15.0 Å². The van der Waals surface area contributed by atoms with Crippen molar-refractivity contribution < 1.29 is 14.3 Å². The number of unbranched alkanes of at least 4 members (excludes halogenated alkanes) is 1. The Labute approximate surface area is 223 Å². The van der Waals surface area contributed by atoms with E-state index in [1.165, 1.54) is 0 Å². The number of nitrogens with one attached hydrogen (secondary N) is 4. The average molecular weight is 524 g/mol. The minimum atomic E-state index is -0.202. The summed E-state index contributed by atoms with van der Waals surface area (Å²) >= 11 is 0. The van der Waals surface area contributed by atoms with E-state index in [-0.39, 0.29) is 5.91 Å². The fourth-order valence-corrected chi connectivity index (χ4v) is 3.25. The summed E-state index contributed by atoms with van der Waals surface area (Å²) in [5.74, 6) is 1.02. The van der Waals surface area contributed by atoms with Gasteiger partial charge in [0.1, 0.15) is 0 Å². The summed E-state index contributed by atoms with van der Waals surface area (Å²) in [4.78, 5) is 30.4. The van der Waals surface area contributed by atoms with Crippen molar-refractivity contribution in [3.05, 3.63) is 59.9 Å². The highest BCUT2D eigenvalue weighted by Gasteiger charge is 2.10. The first kappa shape index (κ1) is 28.7. The second-order valence-electron chi connectivity index (χ2n) is 8.24. The highest BCUT2D eigenvalue weighted by Crippen LogP contribution is 2.18. The predicted molar refractivity (Wildman–Crippen MR) is 148 cm³/mol. The van der Waals surface area contributed by atoms with E-state index in [1.807, 2.05) is 24.3 Å². The van der Waals surface area contributed by atoms with Crippen LogP contribution in [-0.4, -0.2) is 71.9 Å². The van der Waals surface area contributed by atoms with Crippen LogP contribution in [0.25, 0.3) is 0 Å². The number of hydrogen-bond donors (Lipinski definition) is 5. The number of nitrogens with zero attached hydrogens (tertiary/aromatic N) is 4. The first-order valence-corrected chi connectivity index (χ1v) is 12.8. The van der Waals surface area contributed by atoms with E-state index in [1.54, 1.807) is 24.4 Å². The summed E-state index contributed by atoms with van der Waals surface area (Å²) in [6, 6.07) is 12.8. The van der Waals surface area contributed by atoms with E-state index < -0.39 is 0 Å². The lowest BCUT2D eigenvalue weighted by molar-refractivity contribution is 0.0511. The molecule has 0 saturated carbocycles. The van der Waals surface area contributed by atoms with Crippen LogP contribution in [0.5, 0.6) is 0 Å². The van der Waals surface area contributed by atoms with Crippen molar-refractivity contribution in [3.8, 4) is 0 Å². The van der Waals surface area contributed by atoms with Gasteiger partial charge in [0.25, 0.3) is 5.91 Å². The van der Waals surface area contributed by atoms with Crippen molar-refractivity contribution >= 4 is 29.4 Å². The molecule has 6 N–H and O–H groups in total. The van der Waals surface area contributed by atoms with Gasteiger partial charge in [0.2, 0.25) is 17.8 Å². The smallest absolute Gasteiger partial charge is 0.251 e. The molecule has 1 aromatic carbocycles. The minimum Gasteiger partial charge on any atom is -0.378 e. The molecule has 0 radical (unpaired) electrons. The molecule has 204 valence electrons. The number of carbonyl (C=O) groups excluding carboxylic acids is 1. The zero-order valence-corrected chi connectivity index (χ0v) is 21.8. The summed E-state index contributed by atoms with van der Waals surface area (Å²) in [6.07, 6.45) is 3.79. The maximum absolute atomic E-state index is 12.6. The Balaban J connectivity index is 1.59. The van der Waals surface area contributed by atoms with Crippen molar-refractivity contribution in [3.63, 3.8) is 0 Å². The average Bonchev–Trinajstić information content (AvgIpc) is 2.94. The van der Waals surface area contributed by atoms with Gasteiger partial charge in [-0.1, -0.05) is 25.5 Å². The SMILES string of the molecule is CCCCNc1nc(NCc2ccccn2)nc(Nc2cccc(C(=O)NCCOCCOCCN)c2)n1. The maximum atomic E-state index is 12.6. The van der Waals surface area contributed by atoms with E-state index in [9.17, 15) is 4.79 Å². The van der Waals surface area contributed by atoms with Crippen LogP contribution < -0.4 is 27.0 Å². The minimum absolute atomic E-state index is 0.202. The molecule has 0 fully saturated rings. The van der Waals surface area contributed by atoms with Gasteiger partial charge in [0.15, 0.2) is 0 Å². The van der Waals surface area contributed by atoms with Crippen LogP contribution in [0.3, 0.4) is 0 Å². The summed E-state index contributed by atoms with van der Waals surface area (Å²) in [7, 11) is 0. The Morgan fingerprint density at radius 2 is 1.68 bits per heavy atom. The monoisotopic (exact) mass is 523 g/mol. The summed E-state index contributed by atoms with van der Waals surface area (Å²) in [5, 5.41) is 12.5. The molecule has 1 amide bonds. The number of pyridine rings is 1. The van der Waals surface area contributed by atoms with Crippen LogP contribution in [0.15, 0.2) is 48.7 Å². The van der Waals surface area contributed by atoms with Gasteiger partial charge in [-0.3, -0.25) is 9.78 Å².